The number of halogens is 4. The third-order valence-corrected chi connectivity index (χ3v) is 3.71. The minimum atomic E-state index is -4.52. The number of likely N-dealkylation sites (tertiary alicyclic amines) is 1. The van der Waals surface area contributed by atoms with E-state index in [1.54, 1.807) is 20.8 Å². The molecule has 1 amide bonds. The van der Waals surface area contributed by atoms with Crippen LogP contribution < -0.4 is 4.74 Å². The summed E-state index contributed by atoms with van der Waals surface area (Å²) in [5, 5.41) is -0.218. The average molecular weight is 381 g/mol. The van der Waals surface area contributed by atoms with Crippen molar-refractivity contribution in [3.63, 3.8) is 0 Å². The normalized spacial score (nSPS) is 18.8. The Kier molecular flexibility index (Phi) is 5.71. The molecule has 1 aromatic rings. The molecule has 0 aliphatic carbocycles. The molecule has 5 nitrogen and oxygen atoms in total. The Morgan fingerprint density at radius 1 is 1.36 bits per heavy atom. The van der Waals surface area contributed by atoms with Gasteiger partial charge in [-0.2, -0.15) is 13.2 Å². The fourth-order valence-corrected chi connectivity index (χ4v) is 2.56. The van der Waals surface area contributed by atoms with Gasteiger partial charge in [-0.3, -0.25) is 0 Å². The predicted octanol–water partition coefficient (Wildman–Crippen LogP) is 4.53. The quantitative estimate of drug-likeness (QED) is 0.756. The predicted molar refractivity (Wildman–Crippen MR) is 85.7 cm³/mol. The number of aromatic nitrogens is 1. The monoisotopic (exact) mass is 380 g/mol. The van der Waals surface area contributed by atoms with Crippen LogP contribution in [0.25, 0.3) is 0 Å². The van der Waals surface area contributed by atoms with Gasteiger partial charge in [0.05, 0.1) is 12.1 Å². The highest BCUT2D eigenvalue weighted by molar-refractivity contribution is 6.31. The lowest BCUT2D eigenvalue weighted by Gasteiger charge is -2.34. The summed E-state index contributed by atoms with van der Waals surface area (Å²) in [5.74, 6) is -0.0781. The molecule has 2 rings (SSSR count). The molecule has 2 heterocycles. The minimum Gasteiger partial charge on any atom is -0.471 e. The number of hydrogen-bond acceptors (Lipinski definition) is 4. The molecule has 140 valence electrons. The van der Waals surface area contributed by atoms with E-state index in [2.05, 4.69) is 4.98 Å². The molecule has 0 spiro atoms. The molecule has 0 saturated carbocycles. The van der Waals surface area contributed by atoms with E-state index in [4.69, 9.17) is 21.1 Å². The first-order valence-electron chi connectivity index (χ1n) is 7.83. The summed E-state index contributed by atoms with van der Waals surface area (Å²) in [4.78, 5) is 17.3. The number of carbonyl (C=O) groups is 1. The van der Waals surface area contributed by atoms with E-state index in [9.17, 15) is 18.0 Å². The van der Waals surface area contributed by atoms with Crippen molar-refractivity contribution in [1.82, 2.24) is 9.88 Å². The molecule has 0 N–H and O–H groups in total. The van der Waals surface area contributed by atoms with E-state index in [1.165, 1.54) is 4.90 Å². The maximum Gasteiger partial charge on any atom is 0.417 e. The second-order valence-corrected chi connectivity index (χ2v) is 7.22. The van der Waals surface area contributed by atoms with Crippen molar-refractivity contribution in [2.24, 2.45) is 0 Å². The lowest BCUT2D eigenvalue weighted by Crippen LogP contribution is -2.46. The number of nitrogens with zero attached hydrogens (tertiary/aromatic N) is 2. The molecule has 1 aliphatic heterocycles. The Morgan fingerprint density at radius 2 is 2.04 bits per heavy atom. The van der Waals surface area contributed by atoms with Gasteiger partial charge in [0.15, 0.2) is 0 Å². The van der Waals surface area contributed by atoms with E-state index >= 15 is 0 Å². The largest absolute Gasteiger partial charge is 0.471 e. The number of pyridine rings is 1. The molecule has 1 aliphatic rings. The fourth-order valence-electron chi connectivity index (χ4n) is 2.35. The first-order valence-corrected chi connectivity index (χ1v) is 8.21. The van der Waals surface area contributed by atoms with Crippen LogP contribution in [0.15, 0.2) is 12.3 Å². The summed E-state index contributed by atoms with van der Waals surface area (Å²) < 4.78 is 48.8. The summed E-state index contributed by atoms with van der Waals surface area (Å²) in [6.07, 6.45) is -3.39. The van der Waals surface area contributed by atoms with E-state index < -0.39 is 29.5 Å². The molecule has 0 unspecified atom stereocenters. The zero-order valence-electron chi connectivity index (χ0n) is 14.2. The average Bonchev–Trinajstić information content (AvgIpc) is 2.47. The van der Waals surface area contributed by atoms with E-state index in [1.807, 2.05) is 0 Å². The number of amides is 1. The zero-order valence-corrected chi connectivity index (χ0v) is 14.9. The summed E-state index contributed by atoms with van der Waals surface area (Å²) in [6, 6.07) is 0.776. The maximum absolute atomic E-state index is 12.6. The van der Waals surface area contributed by atoms with E-state index in [0.29, 0.717) is 25.6 Å². The Bertz CT molecular complexity index is 632. The molecular formula is C16H20ClF3N2O3. The van der Waals surface area contributed by atoms with Crippen LogP contribution in [0.5, 0.6) is 5.88 Å². The molecule has 0 bridgehead atoms. The van der Waals surface area contributed by atoms with Gasteiger partial charge in [0.1, 0.15) is 16.7 Å². The Balaban J connectivity index is 2.02. The van der Waals surface area contributed by atoms with Crippen LogP contribution in [0.1, 0.15) is 39.2 Å². The lowest BCUT2D eigenvalue weighted by molar-refractivity contribution is -0.137. The van der Waals surface area contributed by atoms with Gasteiger partial charge in [-0.05, 0) is 39.7 Å². The maximum atomic E-state index is 12.6. The molecule has 9 heteroatoms. The van der Waals surface area contributed by atoms with Crippen molar-refractivity contribution in [2.75, 3.05) is 13.1 Å². The van der Waals surface area contributed by atoms with Crippen LogP contribution in [0.2, 0.25) is 5.02 Å². The van der Waals surface area contributed by atoms with Crippen LogP contribution >= 0.6 is 11.6 Å². The summed E-state index contributed by atoms with van der Waals surface area (Å²) in [5.41, 5.74) is -1.55. The molecular weight excluding hydrogens is 361 g/mol. The highest BCUT2D eigenvalue weighted by Gasteiger charge is 2.33. The third kappa shape index (κ3) is 5.66. The van der Waals surface area contributed by atoms with Crippen LogP contribution in [-0.2, 0) is 10.9 Å². The van der Waals surface area contributed by atoms with Gasteiger partial charge < -0.3 is 14.4 Å². The van der Waals surface area contributed by atoms with Gasteiger partial charge in [0.2, 0.25) is 5.88 Å². The highest BCUT2D eigenvalue weighted by atomic mass is 35.5. The molecule has 0 radical (unpaired) electrons. The molecule has 25 heavy (non-hydrogen) atoms. The van der Waals surface area contributed by atoms with Gasteiger partial charge in [0, 0.05) is 12.7 Å². The van der Waals surface area contributed by atoms with Crippen LogP contribution in [-0.4, -0.2) is 40.8 Å². The second kappa shape index (κ2) is 7.27. The first kappa shape index (κ1) is 19.6. The third-order valence-electron chi connectivity index (χ3n) is 3.44. The molecule has 1 aromatic heterocycles. The van der Waals surface area contributed by atoms with Crippen molar-refractivity contribution < 1.29 is 27.4 Å². The molecule has 1 saturated heterocycles. The summed E-state index contributed by atoms with van der Waals surface area (Å²) >= 11 is 5.85. The standard InChI is InChI=1S/C16H20ClF3N2O3/c1-15(2,3)25-14(23)22-6-4-5-11(9-22)24-13-12(17)7-10(8-21-13)16(18,19)20/h7-8,11H,4-6,9H2,1-3H3/t11-/m0/s1. The number of piperidine rings is 1. The Hall–Kier alpha value is -1.70. The number of rotatable bonds is 2. The van der Waals surface area contributed by atoms with Crippen molar-refractivity contribution in [3.05, 3.63) is 22.8 Å². The smallest absolute Gasteiger partial charge is 0.417 e. The van der Waals surface area contributed by atoms with Crippen molar-refractivity contribution in [1.29, 1.82) is 0 Å². The Labute approximate surface area is 149 Å². The van der Waals surface area contributed by atoms with Crippen LogP contribution in [0.3, 0.4) is 0 Å². The van der Waals surface area contributed by atoms with Crippen molar-refractivity contribution in [3.8, 4) is 5.88 Å². The number of ether oxygens (including phenoxy) is 2. The van der Waals surface area contributed by atoms with Crippen molar-refractivity contribution in [2.45, 2.75) is 51.5 Å². The first-order chi connectivity index (χ1) is 11.5. The van der Waals surface area contributed by atoms with Crippen LogP contribution in [0, 0.1) is 0 Å². The molecule has 1 atom stereocenters. The SMILES string of the molecule is CC(C)(C)OC(=O)N1CCC[C@H](Oc2ncc(C(F)(F)F)cc2Cl)C1. The van der Waals surface area contributed by atoms with Gasteiger partial charge in [-0.1, -0.05) is 11.6 Å². The topological polar surface area (TPSA) is 51.7 Å². The highest BCUT2D eigenvalue weighted by Crippen LogP contribution is 2.33. The van der Waals surface area contributed by atoms with Crippen LogP contribution in [0.4, 0.5) is 18.0 Å². The number of alkyl halides is 3. The minimum absolute atomic E-state index is 0.0781. The lowest BCUT2D eigenvalue weighted by atomic mass is 10.1. The summed E-state index contributed by atoms with van der Waals surface area (Å²) in [6.45, 7) is 6.11. The Morgan fingerprint density at radius 3 is 2.60 bits per heavy atom. The van der Waals surface area contributed by atoms with E-state index in [-0.39, 0.29) is 17.4 Å². The van der Waals surface area contributed by atoms with Gasteiger partial charge in [0.25, 0.3) is 0 Å². The molecule has 0 aromatic carbocycles. The number of carbonyl (C=O) groups excluding carboxylic acids is 1. The zero-order chi connectivity index (χ0) is 18.8. The second-order valence-electron chi connectivity index (χ2n) is 6.82. The van der Waals surface area contributed by atoms with Crippen molar-refractivity contribution >= 4 is 17.7 Å². The van der Waals surface area contributed by atoms with E-state index in [0.717, 1.165) is 6.07 Å². The fraction of sp³-hybridized carbons (Fsp3) is 0.625. The summed E-state index contributed by atoms with van der Waals surface area (Å²) in [7, 11) is 0. The van der Waals surface area contributed by atoms with Gasteiger partial charge >= 0.3 is 12.3 Å². The number of hydrogen-bond donors (Lipinski definition) is 0. The molecule has 1 fully saturated rings. The van der Waals surface area contributed by atoms with Gasteiger partial charge in [-0.25, -0.2) is 9.78 Å². The van der Waals surface area contributed by atoms with Gasteiger partial charge in [-0.15, -0.1) is 0 Å².